The number of benzene rings is 1. The summed E-state index contributed by atoms with van der Waals surface area (Å²) in [6.45, 7) is -0.00127. The maximum atomic E-state index is 11.5. The van der Waals surface area contributed by atoms with Gasteiger partial charge in [-0.3, -0.25) is 14.3 Å². The molecule has 1 aromatic carbocycles. The summed E-state index contributed by atoms with van der Waals surface area (Å²) in [4.78, 5) is 10.4. The van der Waals surface area contributed by atoms with Gasteiger partial charge in [0.05, 0.1) is 15.7 Å². The monoisotopic (exact) mass is 229 g/mol. The Hall–Kier alpha value is -1.27. The largest absolute Gasteiger partial charge is 0.396 e. The van der Waals surface area contributed by atoms with E-state index in [4.69, 9.17) is 5.11 Å². The molecule has 0 radical (unpaired) electrons. The lowest BCUT2D eigenvalue weighted by molar-refractivity contribution is -0.384. The van der Waals surface area contributed by atoms with Gasteiger partial charge in [0.2, 0.25) is 0 Å². The van der Waals surface area contributed by atoms with E-state index in [1.54, 1.807) is 0 Å². The average molecular weight is 229 g/mol. The molecule has 6 heteroatoms. The van der Waals surface area contributed by atoms with Gasteiger partial charge in [-0.25, -0.2) is 0 Å². The zero-order valence-electron chi connectivity index (χ0n) is 7.96. The highest BCUT2D eigenvalue weighted by molar-refractivity contribution is 7.85. The van der Waals surface area contributed by atoms with Crippen molar-refractivity contribution in [3.8, 4) is 0 Å². The van der Waals surface area contributed by atoms with E-state index in [0.717, 1.165) is 0 Å². The van der Waals surface area contributed by atoms with Crippen LogP contribution in [0.4, 0.5) is 5.69 Å². The number of nitro groups is 1. The molecule has 1 unspecified atom stereocenters. The van der Waals surface area contributed by atoms with E-state index >= 15 is 0 Å². The molecule has 1 aromatic rings. The predicted octanol–water partition coefficient (Wildman–Crippen LogP) is 1.08. The fourth-order valence-electron chi connectivity index (χ4n) is 1.03. The van der Waals surface area contributed by atoms with Gasteiger partial charge in [0.15, 0.2) is 0 Å². The van der Waals surface area contributed by atoms with Crippen LogP contribution in [-0.4, -0.2) is 26.6 Å². The molecule has 15 heavy (non-hydrogen) atoms. The predicted molar refractivity (Wildman–Crippen MR) is 56.1 cm³/mol. The molecule has 0 spiro atoms. The summed E-state index contributed by atoms with van der Waals surface area (Å²) >= 11 is 0. The van der Waals surface area contributed by atoms with Crippen LogP contribution in [0, 0.1) is 10.1 Å². The molecule has 1 N–H and O–H groups in total. The van der Waals surface area contributed by atoms with Gasteiger partial charge >= 0.3 is 0 Å². The Bertz CT molecular complexity index is 363. The molecule has 5 nitrogen and oxygen atoms in total. The summed E-state index contributed by atoms with van der Waals surface area (Å²) < 4.78 is 11.5. The Labute approximate surface area is 89.3 Å². The van der Waals surface area contributed by atoms with Crippen molar-refractivity contribution in [3.05, 3.63) is 34.4 Å². The van der Waals surface area contributed by atoms with Gasteiger partial charge in [-0.15, -0.1) is 0 Å². The van der Waals surface area contributed by atoms with Gasteiger partial charge in [0.25, 0.3) is 5.69 Å². The summed E-state index contributed by atoms with van der Waals surface area (Å²) in [6, 6.07) is 5.61. The Morgan fingerprint density at radius 2 is 1.93 bits per heavy atom. The summed E-state index contributed by atoms with van der Waals surface area (Å²) in [5.74, 6) is 0.369. The van der Waals surface area contributed by atoms with Crippen molar-refractivity contribution in [2.24, 2.45) is 0 Å². The second-order valence-electron chi connectivity index (χ2n) is 2.88. The molecule has 1 rings (SSSR count). The van der Waals surface area contributed by atoms with E-state index in [1.165, 1.54) is 24.3 Å². The van der Waals surface area contributed by atoms with Gasteiger partial charge in [0.1, 0.15) is 0 Å². The zero-order valence-corrected chi connectivity index (χ0v) is 8.77. The molecule has 0 amide bonds. The molecule has 0 aliphatic heterocycles. The second-order valence-corrected chi connectivity index (χ2v) is 4.45. The van der Waals surface area contributed by atoms with Gasteiger partial charge in [-0.05, 0) is 18.6 Å². The van der Waals surface area contributed by atoms with Crippen molar-refractivity contribution in [2.45, 2.75) is 11.3 Å². The van der Waals surface area contributed by atoms with Crippen LogP contribution < -0.4 is 0 Å². The number of hydrogen-bond acceptors (Lipinski definition) is 4. The van der Waals surface area contributed by atoms with Crippen LogP contribution >= 0.6 is 0 Å². The molecule has 0 heterocycles. The van der Waals surface area contributed by atoms with Crippen LogP contribution in [0.25, 0.3) is 0 Å². The molecule has 1 atom stereocenters. The van der Waals surface area contributed by atoms with E-state index < -0.39 is 15.7 Å². The molecule has 0 saturated heterocycles. The number of non-ortho nitro benzene ring substituents is 1. The van der Waals surface area contributed by atoms with Crippen LogP contribution in [0.3, 0.4) is 0 Å². The van der Waals surface area contributed by atoms with Gasteiger partial charge in [0, 0.05) is 29.4 Å². The highest BCUT2D eigenvalue weighted by Gasteiger charge is 2.07. The van der Waals surface area contributed by atoms with Crippen molar-refractivity contribution in [1.29, 1.82) is 0 Å². The van der Waals surface area contributed by atoms with Crippen molar-refractivity contribution in [1.82, 2.24) is 0 Å². The molecule has 0 bridgehead atoms. The van der Waals surface area contributed by atoms with Gasteiger partial charge < -0.3 is 5.11 Å². The first-order valence-corrected chi connectivity index (χ1v) is 5.70. The maximum Gasteiger partial charge on any atom is 0.269 e. The molecular formula is C9H11NO4S. The second kappa shape index (κ2) is 5.57. The minimum absolute atomic E-state index is 0.00127. The third kappa shape index (κ3) is 3.41. The standard InChI is InChI=1S/C9H11NO4S/c11-6-1-7-15(14)9-4-2-8(3-5-9)10(12)13/h2-5,11H,1,6-7H2. The first kappa shape index (κ1) is 11.8. The van der Waals surface area contributed by atoms with Crippen molar-refractivity contribution in [3.63, 3.8) is 0 Å². The number of aliphatic hydroxyl groups excluding tert-OH is 1. The minimum atomic E-state index is -1.19. The van der Waals surface area contributed by atoms with Crippen LogP contribution in [-0.2, 0) is 10.8 Å². The number of rotatable bonds is 5. The summed E-state index contributed by atoms with van der Waals surface area (Å²) in [5.41, 5.74) is -0.0158. The number of nitro benzene ring substituents is 1. The lowest BCUT2D eigenvalue weighted by Gasteiger charge is -2.00. The molecule has 0 saturated carbocycles. The maximum absolute atomic E-state index is 11.5. The highest BCUT2D eigenvalue weighted by atomic mass is 32.2. The lowest BCUT2D eigenvalue weighted by atomic mass is 10.3. The van der Waals surface area contributed by atoms with E-state index in [1.807, 2.05) is 0 Å². The Morgan fingerprint density at radius 3 is 2.40 bits per heavy atom. The van der Waals surface area contributed by atoms with E-state index in [9.17, 15) is 14.3 Å². The SMILES string of the molecule is O=[N+]([O-])c1ccc(S(=O)CCCO)cc1. The number of aliphatic hydroxyl groups is 1. The van der Waals surface area contributed by atoms with Crippen LogP contribution in [0.1, 0.15) is 6.42 Å². The Kier molecular flexibility index (Phi) is 4.38. The van der Waals surface area contributed by atoms with E-state index in [2.05, 4.69) is 0 Å². The lowest BCUT2D eigenvalue weighted by Crippen LogP contribution is -2.00. The Balaban J connectivity index is 2.71. The minimum Gasteiger partial charge on any atom is -0.396 e. The van der Waals surface area contributed by atoms with E-state index in [0.29, 0.717) is 17.1 Å². The number of hydrogen-bond donors (Lipinski definition) is 1. The molecule has 0 aliphatic rings. The fraction of sp³-hybridized carbons (Fsp3) is 0.333. The average Bonchev–Trinajstić information content (AvgIpc) is 2.26. The zero-order chi connectivity index (χ0) is 11.3. The topological polar surface area (TPSA) is 80.4 Å². The molecular weight excluding hydrogens is 218 g/mol. The molecule has 0 fully saturated rings. The fourth-order valence-corrected chi connectivity index (χ4v) is 2.10. The smallest absolute Gasteiger partial charge is 0.269 e. The van der Waals surface area contributed by atoms with Crippen LogP contribution in [0.2, 0.25) is 0 Å². The van der Waals surface area contributed by atoms with Crippen molar-refractivity contribution < 1.29 is 14.2 Å². The first-order valence-electron chi connectivity index (χ1n) is 4.39. The van der Waals surface area contributed by atoms with E-state index in [-0.39, 0.29) is 12.3 Å². The summed E-state index contributed by atoms with van der Waals surface area (Å²) in [7, 11) is -1.19. The highest BCUT2D eigenvalue weighted by Crippen LogP contribution is 2.14. The summed E-state index contributed by atoms with van der Waals surface area (Å²) in [6.07, 6.45) is 0.462. The summed E-state index contributed by atoms with van der Waals surface area (Å²) in [5, 5.41) is 18.9. The van der Waals surface area contributed by atoms with Crippen LogP contribution in [0.15, 0.2) is 29.2 Å². The molecule has 82 valence electrons. The third-order valence-electron chi connectivity index (χ3n) is 1.80. The Morgan fingerprint density at radius 1 is 1.33 bits per heavy atom. The normalized spacial score (nSPS) is 12.3. The quantitative estimate of drug-likeness (QED) is 0.605. The van der Waals surface area contributed by atoms with Crippen molar-refractivity contribution >= 4 is 16.5 Å². The van der Waals surface area contributed by atoms with Crippen LogP contribution in [0.5, 0.6) is 0 Å². The van der Waals surface area contributed by atoms with Gasteiger partial charge in [-0.1, -0.05) is 0 Å². The first-order chi connectivity index (χ1) is 7.15. The third-order valence-corrected chi connectivity index (χ3v) is 3.26. The number of nitrogens with zero attached hydrogens (tertiary/aromatic N) is 1. The van der Waals surface area contributed by atoms with Crippen molar-refractivity contribution in [2.75, 3.05) is 12.4 Å². The molecule has 0 aliphatic carbocycles. The van der Waals surface area contributed by atoms with Gasteiger partial charge in [-0.2, -0.15) is 0 Å². The molecule has 0 aromatic heterocycles.